The van der Waals surface area contributed by atoms with Gasteiger partial charge in [0.1, 0.15) is 13.1 Å². The van der Waals surface area contributed by atoms with E-state index in [-0.39, 0.29) is 22.9 Å². The lowest BCUT2D eigenvalue weighted by atomic mass is 9.97. The molecular weight excluding hydrogens is 554 g/mol. The van der Waals surface area contributed by atoms with Gasteiger partial charge in [0.15, 0.2) is 5.78 Å². The lowest BCUT2D eigenvalue weighted by Crippen LogP contribution is -3.00. The maximum Gasteiger partial charge on any atom is 0.238 e. The maximum atomic E-state index is 13.2. The minimum Gasteiger partial charge on any atom is -1.00 e. The molecule has 6 nitrogen and oxygen atoms in total. The lowest BCUT2D eigenvalue weighted by Gasteiger charge is -2.37. The average molecular weight is 605 g/mol. The molecule has 2 aromatic rings. The summed E-state index contributed by atoms with van der Waals surface area (Å²) in [6.45, 7) is 20.9. The van der Waals surface area contributed by atoms with Crippen molar-refractivity contribution in [2.45, 2.75) is 61.3 Å². The Balaban J connectivity index is 0.00000760. The van der Waals surface area contributed by atoms with Gasteiger partial charge in [-0.05, 0) is 75.4 Å². The van der Waals surface area contributed by atoms with E-state index in [1.54, 1.807) is 0 Å². The van der Waals surface area contributed by atoms with E-state index in [0.717, 1.165) is 53.9 Å². The predicted octanol–water partition coefficient (Wildman–Crippen LogP) is 2.26. The number of carbonyl (C=O) groups is 2. The summed E-state index contributed by atoms with van der Waals surface area (Å²) >= 11 is 0. The van der Waals surface area contributed by atoms with E-state index in [0.29, 0.717) is 45.1 Å². The Bertz CT molecular complexity index is 1020. The number of nitrogens with zero attached hydrogens (tertiary/aromatic N) is 2. The largest absolute Gasteiger partial charge is 1.00 e. The zero-order valence-corrected chi connectivity index (χ0v) is 26.8. The van der Waals surface area contributed by atoms with Crippen molar-refractivity contribution in [2.75, 3.05) is 64.3 Å². The first-order chi connectivity index (χ1) is 18.1. The third-order valence-electron chi connectivity index (χ3n) is 7.72. The number of carbonyl (C=O) groups excluding carboxylic acids is 2. The minimum atomic E-state index is -0.00346. The van der Waals surface area contributed by atoms with Crippen LogP contribution in [0, 0.1) is 27.7 Å². The number of anilines is 1. The van der Waals surface area contributed by atoms with Crippen LogP contribution in [-0.2, 0) is 20.7 Å². The van der Waals surface area contributed by atoms with Crippen LogP contribution in [0.5, 0.6) is 0 Å². The summed E-state index contributed by atoms with van der Waals surface area (Å²) < 4.78 is 6.81. The van der Waals surface area contributed by atoms with E-state index in [9.17, 15) is 9.59 Å². The third kappa shape index (κ3) is 11.1. The Morgan fingerprint density at radius 1 is 0.872 bits per heavy atom. The molecule has 0 heterocycles. The molecule has 1 unspecified atom stereocenters. The number of likely N-dealkylation sites (N-methyl/N-ethyl adjacent to an activating group) is 2. The SMILES string of the molecule is CCC[N+](CC)(CCOCCN(CC)CC(=O)Nc1c(C)cccc1C)CC(=O)Cc1c(C)cccc1C.[Br-]. The van der Waals surface area contributed by atoms with E-state index in [1.807, 2.05) is 32.0 Å². The van der Waals surface area contributed by atoms with Gasteiger partial charge >= 0.3 is 0 Å². The van der Waals surface area contributed by atoms with E-state index in [2.05, 4.69) is 63.0 Å². The fourth-order valence-corrected chi connectivity index (χ4v) is 5.22. The average Bonchev–Trinajstić information content (AvgIpc) is 2.87. The Kier molecular flexibility index (Phi) is 15.8. The number of hydrogen-bond acceptors (Lipinski definition) is 4. The predicted molar refractivity (Wildman–Crippen MR) is 158 cm³/mol. The summed E-state index contributed by atoms with van der Waals surface area (Å²) in [5.74, 6) is 0.293. The second kappa shape index (κ2) is 17.6. The van der Waals surface area contributed by atoms with Crippen LogP contribution >= 0.6 is 0 Å². The molecule has 0 aliphatic rings. The molecule has 7 heteroatoms. The first-order valence-corrected chi connectivity index (χ1v) is 14.2. The number of ether oxygens (including phenoxy) is 1. The number of benzene rings is 2. The van der Waals surface area contributed by atoms with Crippen molar-refractivity contribution in [3.05, 3.63) is 64.2 Å². The number of aryl methyl sites for hydroxylation is 4. The first-order valence-electron chi connectivity index (χ1n) is 14.2. The van der Waals surface area contributed by atoms with Crippen LogP contribution in [0.1, 0.15) is 55.0 Å². The highest BCUT2D eigenvalue weighted by Gasteiger charge is 2.28. The van der Waals surface area contributed by atoms with Crippen molar-refractivity contribution in [2.24, 2.45) is 0 Å². The molecule has 2 aromatic carbocycles. The summed E-state index contributed by atoms with van der Waals surface area (Å²) in [6, 6.07) is 12.3. The van der Waals surface area contributed by atoms with Gasteiger partial charge in [0.05, 0.1) is 32.8 Å². The third-order valence-corrected chi connectivity index (χ3v) is 7.72. The summed E-state index contributed by atoms with van der Waals surface area (Å²) in [5.41, 5.74) is 6.59. The van der Waals surface area contributed by atoms with Crippen LogP contribution in [0.3, 0.4) is 0 Å². The van der Waals surface area contributed by atoms with E-state index >= 15 is 0 Å². The number of ketones is 1. The van der Waals surface area contributed by atoms with Gasteiger partial charge < -0.3 is 31.5 Å². The topological polar surface area (TPSA) is 58.6 Å². The normalized spacial score (nSPS) is 12.6. The van der Waals surface area contributed by atoms with E-state index in [4.69, 9.17) is 4.74 Å². The molecule has 0 fully saturated rings. The molecule has 1 atom stereocenters. The van der Waals surface area contributed by atoms with Crippen molar-refractivity contribution in [1.82, 2.24) is 4.90 Å². The summed E-state index contributed by atoms with van der Waals surface area (Å²) in [7, 11) is 0. The molecule has 0 aromatic heterocycles. The van der Waals surface area contributed by atoms with Crippen LogP contribution in [0.25, 0.3) is 0 Å². The van der Waals surface area contributed by atoms with Crippen LogP contribution in [-0.4, -0.2) is 80.1 Å². The smallest absolute Gasteiger partial charge is 0.238 e. The fraction of sp³-hybridized carbons (Fsp3) is 0.562. The Hall–Kier alpha value is -2.06. The summed E-state index contributed by atoms with van der Waals surface area (Å²) in [6.07, 6.45) is 1.53. The number of Topliss-reactive ketones (excluding diaryl/α,β-unsaturated/α-hetero) is 1. The van der Waals surface area contributed by atoms with Crippen LogP contribution < -0.4 is 22.3 Å². The molecule has 0 aliphatic heterocycles. The molecule has 39 heavy (non-hydrogen) atoms. The quantitative estimate of drug-likeness (QED) is 0.223. The van der Waals surface area contributed by atoms with Crippen LogP contribution in [0.2, 0.25) is 0 Å². The molecule has 0 aliphatic carbocycles. The van der Waals surface area contributed by atoms with Gasteiger partial charge in [-0.25, -0.2) is 0 Å². The molecule has 0 saturated carbocycles. The standard InChI is InChI=1S/C32H49N3O3.BrH/c1-8-18-35(10-3,24-29(36)22-30-25(4)13-11-14-26(30)5)19-21-38-20-17-34(9-2)23-31(37)33-32-27(6)15-12-16-28(32)7;/h11-16H,8-10,17-24H2,1-7H3;1H. The highest BCUT2D eigenvalue weighted by molar-refractivity contribution is 5.93. The lowest BCUT2D eigenvalue weighted by molar-refractivity contribution is -0.919. The first kappa shape index (κ1) is 35.0. The molecule has 0 bridgehead atoms. The number of amides is 1. The molecule has 2 rings (SSSR count). The van der Waals surface area contributed by atoms with Gasteiger partial charge in [0.2, 0.25) is 5.91 Å². The monoisotopic (exact) mass is 603 g/mol. The molecule has 1 N–H and O–H groups in total. The minimum absolute atomic E-state index is 0. The zero-order valence-electron chi connectivity index (χ0n) is 25.2. The number of halogens is 1. The molecule has 1 amide bonds. The van der Waals surface area contributed by atoms with Crippen molar-refractivity contribution < 1.29 is 35.8 Å². The fourth-order valence-electron chi connectivity index (χ4n) is 5.22. The summed E-state index contributed by atoms with van der Waals surface area (Å²) in [5, 5.41) is 3.07. The van der Waals surface area contributed by atoms with Crippen molar-refractivity contribution in [3.63, 3.8) is 0 Å². The van der Waals surface area contributed by atoms with Crippen LogP contribution in [0.4, 0.5) is 5.69 Å². The Labute approximate surface area is 247 Å². The molecule has 0 saturated heterocycles. The maximum absolute atomic E-state index is 13.2. The number of rotatable bonds is 17. The number of quaternary nitrogens is 1. The van der Waals surface area contributed by atoms with Gasteiger partial charge in [-0.15, -0.1) is 0 Å². The van der Waals surface area contributed by atoms with Crippen LogP contribution in [0.15, 0.2) is 36.4 Å². The Morgan fingerprint density at radius 2 is 1.46 bits per heavy atom. The highest BCUT2D eigenvalue weighted by Crippen LogP contribution is 2.19. The van der Waals surface area contributed by atoms with Gasteiger partial charge in [0.25, 0.3) is 0 Å². The second-order valence-corrected chi connectivity index (χ2v) is 10.6. The molecule has 0 radical (unpaired) electrons. The molecule has 0 spiro atoms. The van der Waals surface area contributed by atoms with Crippen molar-refractivity contribution >= 4 is 17.4 Å². The Morgan fingerprint density at radius 3 is 2.00 bits per heavy atom. The second-order valence-electron chi connectivity index (χ2n) is 10.6. The number of hydrogen-bond donors (Lipinski definition) is 1. The van der Waals surface area contributed by atoms with Gasteiger partial charge in [-0.2, -0.15) is 0 Å². The van der Waals surface area contributed by atoms with Gasteiger partial charge in [-0.1, -0.05) is 50.2 Å². The zero-order chi connectivity index (χ0) is 28.1. The number of nitrogens with one attached hydrogen (secondary N) is 1. The van der Waals surface area contributed by atoms with Gasteiger partial charge in [0, 0.05) is 18.7 Å². The van der Waals surface area contributed by atoms with Gasteiger partial charge in [-0.3, -0.25) is 14.5 Å². The van der Waals surface area contributed by atoms with E-state index < -0.39 is 0 Å². The van der Waals surface area contributed by atoms with Crippen molar-refractivity contribution in [1.29, 1.82) is 0 Å². The number of para-hydroxylation sites is 1. The molecular formula is C32H50BrN3O3. The highest BCUT2D eigenvalue weighted by atomic mass is 79.9. The van der Waals surface area contributed by atoms with E-state index in [1.165, 1.54) is 16.7 Å². The molecule has 218 valence electrons. The summed E-state index contributed by atoms with van der Waals surface area (Å²) in [4.78, 5) is 27.9. The van der Waals surface area contributed by atoms with Crippen molar-refractivity contribution in [3.8, 4) is 0 Å².